The number of nitrogens with two attached hydrogens (primary N) is 1. The van der Waals surface area contributed by atoms with Crippen LogP contribution in [0.2, 0.25) is 0 Å². The zero-order valence-electron chi connectivity index (χ0n) is 13.2. The van der Waals surface area contributed by atoms with Crippen molar-refractivity contribution in [2.75, 3.05) is 24.1 Å². The standard InChI is InChI=1S/C16H21N5OS/c1-11-19-14(10-23-11)9-21-6-4-12(5-7-21)16(22)20-13-2-3-15(17)18-8-13/h2-3,8,10,12H,4-7,9H2,1H3,(H2,17,18)(H,20,22). The lowest BCUT2D eigenvalue weighted by Crippen LogP contribution is -2.37. The number of amides is 1. The molecule has 1 fully saturated rings. The number of aryl methyl sites for hydroxylation is 1. The molecule has 0 radical (unpaired) electrons. The third-order valence-corrected chi connectivity index (χ3v) is 4.89. The van der Waals surface area contributed by atoms with Crippen LogP contribution in [0.15, 0.2) is 23.7 Å². The van der Waals surface area contributed by atoms with Crippen molar-refractivity contribution < 1.29 is 4.79 Å². The minimum Gasteiger partial charge on any atom is -0.384 e. The number of rotatable bonds is 4. The van der Waals surface area contributed by atoms with Crippen molar-refractivity contribution >= 4 is 28.7 Å². The Morgan fingerprint density at radius 1 is 1.43 bits per heavy atom. The predicted octanol–water partition coefficient (Wildman–Crippen LogP) is 2.28. The largest absolute Gasteiger partial charge is 0.384 e. The van der Waals surface area contributed by atoms with Crippen LogP contribution in [0.4, 0.5) is 11.5 Å². The van der Waals surface area contributed by atoms with E-state index >= 15 is 0 Å². The number of likely N-dealkylation sites (tertiary alicyclic amines) is 1. The van der Waals surface area contributed by atoms with Crippen LogP contribution < -0.4 is 11.1 Å². The molecule has 2 aromatic rings. The minimum atomic E-state index is 0.0565. The van der Waals surface area contributed by atoms with Gasteiger partial charge in [0, 0.05) is 17.8 Å². The molecule has 23 heavy (non-hydrogen) atoms. The van der Waals surface area contributed by atoms with E-state index in [1.165, 1.54) is 0 Å². The average Bonchev–Trinajstić information content (AvgIpc) is 2.95. The smallest absolute Gasteiger partial charge is 0.227 e. The number of nitrogens with zero attached hydrogens (tertiary/aromatic N) is 3. The molecule has 0 bridgehead atoms. The van der Waals surface area contributed by atoms with Crippen LogP contribution in [0.25, 0.3) is 0 Å². The average molecular weight is 331 g/mol. The van der Waals surface area contributed by atoms with Gasteiger partial charge in [-0.3, -0.25) is 9.69 Å². The summed E-state index contributed by atoms with van der Waals surface area (Å²) in [5.41, 5.74) is 7.37. The van der Waals surface area contributed by atoms with E-state index in [1.54, 1.807) is 29.7 Å². The van der Waals surface area contributed by atoms with Gasteiger partial charge in [0.15, 0.2) is 0 Å². The Kier molecular flexibility index (Phi) is 4.88. The van der Waals surface area contributed by atoms with Gasteiger partial charge in [-0.2, -0.15) is 0 Å². The molecule has 2 aromatic heterocycles. The van der Waals surface area contributed by atoms with Gasteiger partial charge in [-0.15, -0.1) is 11.3 Å². The van der Waals surface area contributed by atoms with Gasteiger partial charge < -0.3 is 11.1 Å². The number of nitrogen functional groups attached to an aromatic ring is 1. The fraction of sp³-hybridized carbons (Fsp3) is 0.438. The molecule has 1 amide bonds. The van der Waals surface area contributed by atoms with Gasteiger partial charge in [0.2, 0.25) is 5.91 Å². The molecule has 1 aliphatic rings. The second-order valence-electron chi connectivity index (χ2n) is 5.87. The molecular formula is C16H21N5OS. The summed E-state index contributed by atoms with van der Waals surface area (Å²) in [6, 6.07) is 3.47. The monoisotopic (exact) mass is 331 g/mol. The van der Waals surface area contributed by atoms with Crippen LogP contribution >= 0.6 is 11.3 Å². The van der Waals surface area contributed by atoms with Gasteiger partial charge >= 0.3 is 0 Å². The normalized spacial score (nSPS) is 16.4. The quantitative estimate of drug-likeness (QED) is 0.898. The molecule has 0 saturated carbocycles. The number of anilines is 2. The summed E-state index contributed by atoms with van der Waals surface area (Å²) >= 11 is 1.68. The van der Waals surface area contributed by atoms with Crippen molar-refractivity contribution in [1.29, 1.82) is 0 Å². The van der Waals surface area contributed by atoms with Crippen molar-refractivity contribution in [3.8, 4) is 0 Å². The third kappa shape index (κ3) is 4.27. The van der Waals surface area contributed by atoms with Crippen molar-refractivity contribution in [3.05, 3.63) is 34.4 Å². The van der Waals surface area contributed by atoms with E-state index in [2.05, 4.69) is 25.6 Å². The molecule has 6 nitrogen and oxygen atoms in total. The number of carbonyl (C=O) groups is 1. The highest BCUT2D eigenvalue weighted by Gasteiger charge is 2.25. The first-order valence-corrected chi connectivity index (χ1v) is 8.64. The van der Waals surface area contributed by atoms with E-state index in [4.69, 9.17) is 5.73 Å². The van der Waals surface area contributed by atoms with Gasteiger partial charge in [0.25, 0.3) is 0 Å². The van der Waals surface area contributed by atoms with Crippen molar-refractivity contribution in [1.82, 2.24) is 14.9 Å². The number of hydrogen-bond acceptors (Lipinski definition) is 6. The molecule has 0 aromatic carbocycles. The summed E-state index contributed by atoms with van der Waals surface area (Å²) in [5, 5.41) is 6.14. The first kappa shape index (κ1) is 15.9. The Morgan fingerprint density at radius 3 is 2.83 bits per heavy atom. The molecule has 1 saturated heterocycles. The van der Waals surface area contributed by atoms with Crippen LogP contribution in [0.1, 0.15) is 23.5 Å². The van der Waals surface area contributed by atoms with Gasteiger partial charge in [-0.05, 0) is 45.0 Å². The summed E-state index contributed by atoms with van der Waals surface area (Å²) in [6.45, 7) is 4.75. The lowest BCUT2D eigenvalue weighted by Gasteiger charge is -2.30. The van der Waals surface area contributed by atoms with E-state index in [-0.39, 0.29) is 11.8 Å². The van der Waals surface area contributed by atoms with Crippen molar-refractivity contribution in [2.45, 2.75) is 26.3 Å². The second kappa shape index (κ2) is 7.06. The molecule has 3 rings (SSSR count). The van der Waals surface area contributed by atoms with Crippen LogP contribution in [-0.4, -0.2) is 33.9 Å². The highest BCUT2D eigenvalue weighted by atomic mass is 32.1. The van der Waals surface area contributed by atoms with Crippen LogP contribution in [0.3, 0.4) is 0 Å². The lowest BCUT2D eigenvalue weighted by atomic mass is 9.95. The van der Waals surface area contributed by atoms with Crippen molar-refractivity contribution in [3.63, 3.8) is 0 Å². The number of hydrogen-bond donors (Lipinski definition) is 2. The fourth-order valence-electron chi connectivity index (χ4n) is 2.79. The first-order chi connectivity index (χ1) is 11.1. The second-order valence-corrected chi connectivity index (χ2v) is 6.93. The van der Waals surface area contributed by atoms with E-state index in [0.29, 0.717) is 11.5 Å². The SMILES string of the molecule is Cc1nc(CN2CCC(C(=O)Nc3ccc(N)nc3)CC2)cs1. The number of nitrogens with one attached hydrogen (secondary N) is 1. The van der Waals surface area contributed by atoms with Crippen LogP contribution in [0.5, 0.6) is 0 Å². The molecule has 3 N–H and O–H groups in total. The van der Waals surface area contributed by atoms with Gasteiger partial charge in [0.05, 0.1) is 22.6 Å². The number of thiazole rings is 1. The summed E-state index contributed by atoms with van der Waals surface area (Å²) in [6.07, 6.45) is 3.33. The Labute approximate surface area is 139 Å². The summed E-state index contributed by atoms with van der Waals surface area (Å²) < 4.78 is 0. The fourth-order valence-corrected chi connectivity index (χ4v) is 3.39. The molecule has 0 unspecified atom stereocenters. The van der Waals surface area contributed by atoms with Gasteiger partial charge in [-0.1, -0.05) is 0 Å². The molecule has 0 spiro atoms. The number of aromatic nitrogens is 2. The maximum absolute atomic E-state index is 12.3. The van der Waals surface area contributed by atoms with E-state index in [1.807, 2.05) is 6.92 Å². The maximum atomic E-state index is 12.3. The topological polar surface area (TPSA) is 84.1 Å². The van der Waals surface area contributed by atoms with E-state index in [9.17, 15) is 4.79 Å². The van der Waals surface area contributed by atoms with Crippen LogP contribution in [-0.2, 0) is 11.3 Å². The highest BCUT2D eigenvalue weighted by molar-refractivity contribution is 7.09. The van der Waals surface area contributed by atoms with Gasteiger partial charge in [-0.25, -0.2) is 9.97 Å². The Balaban J connectivity index is 1.48. The molecule has 7 heteroatoms. The summed E-state index contributed by atoms with van der Waals surface area (Å²) in [7, 11) is 0. The summed E-state index contributed by atoms with van der Waals surface area (Å²) in [5.74, 6) is 0.579. The Morgan fingerprint density at radius 2 is 2.22 bits per heavy atom. The minimum absolute atomic E-state index is 0.0565. The molecule has 0 aliphatic carbocycles. The van der Waals surface area contributed by atoms with E-state index < -0.39 is 0 Å². The summed E-state index contributed by atoms with van der Waals surface area (Å²) in [4.78, 5) is 23.2. The number of pyridine rings is 1. The number of piperidine rings is 1. The zero-order valence-corrected chi connectivity index (χ0v) is 14.0. The molecular weight excluding hydrogens is 310 g/mol. The molecule has 3 heterocycles. The van der Waals surface area contributed by atoms with Crippen molar-refractivity contribution in [2.24, 2.45) is 5.92 Å². The van der Waals surface area contributed by atoms with Crippen LogP contribution in [0, 0.1) is 12.8 Å². The predicted molar refractivity (Wildman–Crippen MR) is 92.1 cm³/mol. The van der Waals surface area contributed by atoms with Gasteiger partial charge in [0.1, 0.15) is 5.82 Å². The highest BCUT2D eigenvalue weighted by Crippen LogP contribution is 2.21. The Bertz CT molecular complexity index is 661. The molecule has 122 valence electrons. The van der Waals surface area contributed by atoms with E-state index in [0.717, 1.165) is 43.2 Å². The maximum Gasteiger partial charge on any atom is 0.227 e. The third-order valence-electron chi connectivity index (χ3n) is 4.06. The molecule has 0 atom stereocenters. The lowest BCUT2D eigenvalue weighted by molar-refractivity contribution is -0.121. The number of carbonyl (C=O) groups excluding carboxylic acids is 1. The zero-order chi connectivity index (χ0) is 16.2. The molecule has 1 aliphatic heterocycles. The Hall–Kier alpha value is -1.99. The first-order valence-electron chi connectivity index (χ1n) is 7.76.